The Morgan fingerprint density at radius 2 is 2.37 bits per heavy atom. The number of rotatable bonds is 7. The van der Waals surface area contributed by atoms with Crippen LogP contribution in [-0.2, 0) is 0 Å². The van der Waals surface area contributed by atoms with E-state index in [4.69, 9.17) is 0 Å². The number of thiophene rings is 1. The molecular formula is C16H28N2S. The molecule has 0 bridgehead atoms. The molecule has 1 aliphatic heterocycles. The Kier molecular flexibility index (Phi) is 5.86. The molecule has 1 N–H and O–H groups in total. The van der Waals surface area contributed by atoms with Crippen LogP contribution in [0.2, 0.25) is 0 Å². The SMILES string of the molecule is CCCCN(CC1CCCN1)C(C)c1sccc1C. The van der Waals surface area contributed by atoms with Crippen molar-refractivity contribution in [3.8, 4) is 0 Å². The molecule has 3 heteroatoms. The zero-order chi connectivity index (χ0) is 13.7. The zero-order valence-corrected chi connectivity index (χ0v) is 13.4. The Balaban J connectivity index is 2.00. The molecule has 1 fully saturated rings. The van der Waals surface area contributed by atoms with Gasteiger partial charge in [0.25, 0.3) is 0 Å². The molecule has 2 atom stereocenters. The second-order valence-corrected chi connectivity index (χ2v) is 6.73. The summed E-state index contributed by atoms with van der Waals surface area (Å²) < 4.78 is 0. The number of aryl methyl sites for hydroxylation is 1. The Morgan fingerprint density at radius 3 is 2.95 bits per heavy atom. The Hall–Kier alpha value is -0.380. The van der Waals surface area contributed by atoms with Crippen LogP contribution >= 0.6 is 11.3 Å². The third kappa shape index (κ3) is 4.04. The molecule has 0 radical (unpaired) electrons. The summed E-state index contributed by atoms with van der Waals surface area (Å²) in [5, 5.41) is 5.87. The van der Waals surface area contributed by atoms with Gasteiger partial charge in [-0.15, -0.1) is 11.3 Å². The van der Waals surface area contributed by atoms with Gasteiger partial charge >= 0.3 is 0 Å². The summed E-state index contributed by atoms with van der Waals surface area (Å²) >= 11 is 1.92. The fourth-order valence-corrected chi connectivity index (χ4v) is 4.00. The molecule has 0 aromatic carbocycles. The molecular weight excluding hydrogens is 252 g/mol. The molecule has 2 nitrogen and oxygen atoms in total. The van der Waals surface area contributed by atoms with Crippen molar-refractivity contribution in [1.82, 2.24) is 10.2 Å². The molecule has 2 heterocycles. The number of unbranched alkanes of at least 4 members (excludes halogenated alkanes) is 1. The molecule has 1 saturated heterocycles. The van der Waals surface area contributed by atoms with Crippen molar-refractivity contribution in [2.45, 2.75) is 58.5 Å². The van der Waals surface area contributed by atoms with E-state index in [0.717, 1.165) is 0 Å². The Bertz CT molecular complexity index is 369. The van der Waals surface area contributed by atoms with E-state index in [1.807, 2.05) is 11.3 Å². The van der Waals surface area contributed by atoms with Gasteiger partial charge in [0.15, 0.2) is 0 Å². The predicted octanol–water partition coefficient (Wildman–Crippen LogP) is 3.97. The van der Waals surface area contributed by atoms with Crippen molar-refractivity contribution in [3.63, 3.8) is 0 Å². The summed E-state index contributed by atoms with van der Waals surface area (Å²) in [4.78, 5) is 4.24. The smallest absolute Gasteiger partial charge is 0.0416 e. The predicted molar refractivity (Wildman–Crippen MR) is 85.0 cm³/mol. The highest BCUT2D eigenvalue weighted by Gasteiger charge is 2.23. The van der Waals surface area contributed by atoms with E-state index < -0.39 is 0 Å². The van der Waals surface area contributed by atoms with Crippen LogP contribution in [0.25, 0.3) is 0 Å². The highest BCUT2D eigenvalue weighted by atomic mass is 32.1. The average molecular weight is 280 g/mol. The Morgan fingerprint density at radius 1 is 1.53 bits per heavy atom. The summed E-state index contributed by atoms with van der Waals surface area (Å²) in [5.41, 5.74) is 1.46. The molecule has 108 valence electrons. The van der Waals surface area contributed by atoms with E-state index in [1.54, 1.807) is 4.88 Å². The lowest BCUT2D eigenvalue weighted by Gasteiger charge is -2.31. The standard InChI is InChI=1S/C16H28N2S/c1-4-5-10-18(12-15-7-6-9-17-15)14(3)16-13(2)8-11-19-16/h8,11,14-15,17H,4-7,9-10,12H2,1-3H3. The van der Waals surface area contributed by atoms with Crippen LogP contribution < -0.4 is 5.32 Å². The largest absolute Gasteiger partial charge is 0.313 e. The maximum absolute atomic E-state index is 3.64. The number of nitrogens with one attached hydrogen (secondary N) is 1. The van der Waals surface area contributed by atoms with E-state index in [-0.39, 0.29) is 0 Å². The number of hydrogen-bond donors (Lipinski definition) is 1. The van der Waals surface area contributed by atoms with Gasteiger partial charge in [0.1, 0.15) is 0 Å². The van der Waals surface area contributed by atoms with Gasteiger partial charge in [0.05, 0.1) is 0 Å². The number of nitrogens with zero attached hydrogens (tertiary/aromatic N) is 1. The summed E-state index contributed by atoms with van der Waals surface area (Å²) in [7, 11) is 0. The molecule has 0 amide bonds. The maximum atomic E-state index is 3.64. The first kappa shape index (κ1) is 15.0. The summed E-state index contributed by atoms with van der Waals surface area (Å²) in [6.45, 7) is 10.6. The molecule has 0 aliphatic carbocycles. The van der Waals surface area contributed by atoms with Crippen molar-refractivity contribution in [2.75, 3.05) is 19.6 Å². The van der Waals surface area contributed by atoms with Crippen LogP contribution in [0.5, 0.6) is 0 Å². The molecule has 0 spiro atoms. The van der Waals surface area contributed by atoms with E-state index in [9.17, 15) is 0 Å². The van der Waals surface area contributed by atoms with Crippen molar-refractivity contribution in [1.29, 1.82) is 0 Å². The second kappa shape index (κ2) is 7.41. The quantitative estimate of drug-likeness (QED) is 0.813. The van der Waals surface area contributed by atoms with Crippen LogP contribution in [0.1, 0.15) is 56.0 Å². The minimum atomic E-state index is 0.564. The lowest BCUT2D eigenvalue weighted by atomic mass is 10.1. The van der Waals surface area contributed by atoms with Gasteiger partial charge in [-0.05, 0) is 63.2 Å². The zero-order valence-electron chi connectivity index (χ0n) is 12.6. The third-order valence-corrected chi connectivity index (χ3v) is 5.43. The first-order chi connectivity index (χ1) is 9.22. The third-order valence-electron chi connectivity index (χ3n) is 4.25. The van der Waals surface area contributed by atoms with E-state index >= 15 is 0 Å². The van der Waals surface area contributed by atoms with Gasteiger partial charge in [-0.2, -0.15) is 0 Å². The summed E-state index contributed by atoms with van der Waals surface area (Å²) in [6.07, 6.45) is 5.28. The maximum Gasteiger partial charge on any atom is 0.0416 e. The monoisotopic (exact) mass is 280 g/mol. The van der Waals surface area contributed by atoms with Crippen LogP contribution in [-0.4, -0.2) is 30.6 Å². The lowest BCUT2D eigenvalue weighted by molar-refractivity contribution is 0.191. The fraction of sp³-hybridized carbons (Fsp3) is 0.750. The van der Waals surface area contributed by atoms with E-state index in [0.29, 0.717) is 12.1 Å². The molecule has 2 unspecified atom stereocenters. The van der Waals surface area contributed by atoms with Crippen LogP contribution in [0.4, 0.5) is 0 Å². The summed E-state index contributed by atoms with van der Waals surface area (Å²) in [6, 6.07) is 3.52. The van der Waals surface area contributed by atoms with Crippen molar-refractivity contribution < 1.29 is 0 Å². The van der Waals surface area contributed by atoms with E-state index in [2.05, 4.69) is 42.4 Å². The molecule has 19 heavy (non-hydrogen) atoms. The lowest BCUT2D eigenvalue weighted by Crippen LogP contribution is -2.39. The fourth-order valence-electron chi connectivity index (χ4n) is 2.98. The van der Waals surface area contributed by atoms with Crippen LogP contribution in [0.3, 0.4) is 0 Å². The van der Waals surface area contributed by atoms with Crippen molar-refractivity contribution in [3.05, 3.63) is 21.9 Å². The topological polar surface area (TPSA) is 15.3 Å². The second-order valence-electron chi connectivity index (χ2n) is 5.79. The minimum Gasteiger partial charge on any atom is -0.313 e. The van der Waals surface area contributed by atoms with Gasteiger partial charge in [-0.25, -0.2) is 0 Å². The highest BCUT2D eigenvalue weighted by Crippen LogP contribution is 2.29. The number of hydrogen-bond acceptors (Lipinski definition) is 3. The molecule has 1 aromatic rings. The van der Waals surface area contributed by atoms with Gasteiger partial charge in [0.2, 0.25) is 0 Å². The molecule has 2 rings (SSSR count). The van der Waals surface area contributed by atoms with Gasteiger partial charge in [-0.1, -0.05) is 13.3 Å². The first-order valence-electron chi connectivity index (χ1n) is 7.73. The van der Waals surface area contributed by atoms with Crippen LogP contribution in [0, 0.1) is 6.92 Å². The van der Waals surface area contributed by atoms with Gasteiger partial charge in [0, 0.05) is 23.5 Å². The van der Waals surface area contributed by atoms with Gasteiger partial charge < -0.3 is 5.32 Å². The normalized spacial score (nSPS) is 21.2. The highest BCUT2D eigenvalue weighted by molar-refractivity contribution is 7.10. The van der Waals surface area contributed by atoms with Gasteiger partial charge in [-0.3, -0.25) is 4.90 Å². The first-order valence-corrected chi connectivity index (χ1v) is 8.61. The Labute approximate surface area is 122 Å². The van der Waals surface area contributed by atoms with Crippen LogP contribution in [0.15, 0.2) is 11.4 Å². The van der Waals surface area contributed by atoms with E-state index in [1.165, 1.54) is 50.9 Å². The van der Waals surface area contributed by atoms with Crippen molar-refractivity contribution >= 4 is 11.3 Å². The molecule has 1 aromatic heterocycles. The minimum absolute atomic E-state index is 0.564. The summed E-state index contributed by atoms with van der Waals surface area (Å²) in [5.74, 6) is 0. The average Bonchev–Trinajstić information content (AvgIpc) is 3.05. The van der Waals surface area contributed by atoms with Crippen molar-refractivity contribution in [2.24, 2.45) is 0 Å². The molecule has 0 saturated carbocycles. The molecule has 1 aliphatic rings.